The van der Waals surface area contributed by atoms with E-state index in [0.29, 0.717) is 5.56 Å². The van der Waals surface area contributed by atoms with Gasteiger partial charge in [0.1, 0.15) is 24.2 Å². The minimum atomic E-state index is -1.42. The average molecular weight is 500 g/mol. The van der Waals surface area contributed by atoms with Crippen LogP contribution in [0.4, 0.5) is 4.79 Å². The lowest BCUT2D eigenvalue weighted by Crippen LogP contribution is -2.55. The molecule has 1 aliphatic rings. The van der Waals surface area contributed by atoms with Gasteiger partial charge >= 0.3 is 6.09 Å². The number of hydrogen-bond acceptors (Lipinski definition) is 6. The van der Waals surface area contributed by atoms with Crippen LogP contribution < -0.4 is 16.4 Å². The Bertz CT molecular complexity index is 991. The fraction of sp³-hybridized carbons (Fsp3) is 0.577. The quantitative estimate of drug-likeness (QED) is 0.444. The van der Waals surface area contributed by atoms with Gasteiger partial charge < -0.3 is 26.0 Å². The summed E-state index contributed by atoms with van der Waals surface area (Å²) in [5.74, 6) is -2.04. The summed E-state index contributed by atoms with van der Waals surface area (Å²) in [5, 5.41) is 15.0. The van der Waals surface area contributed by atoms with Gasteiger partial charge in [-0.1, -0.05) is 43.5 Å². The van der Waals surface area contributed by atoms with Crippen molar-refractivity contribution in [1.82, 2.24) is 15.5 Å². The van der Waals surface area contributed by atoms with Crippen LogP contribution in [-0.2, 0) is 19.1 Å². The summed E-state index contributed by atoms with van der Waals surface area (Å²) in [6, 6.07) is 6.45. The van der Waals surface area contributed by atoms with Crippen molar-refractivity contribution in [2.24, 2.45) is 5.73 Å². The van der Waals surface area contributed by atoms with Gasteiger partial charge in [0.05, 0.1) is 12.5 Å². The Morgan fingerprint density at radius 3 is 2.36 bits per heavy atom. The molecule has 1 aromatic carbocycles. The van der Waals surface area contributed by atoms with E-state index in [1.807, 2.05) is 25.1 Å². The Labute approximate surface area is 212 Å². The molecular formula is C26H37N5O5. The molecule has 2 atom stereocenters. The smallest absolute Gasteiger partial charge is 0.408 e. The Morgan fingerprint density at radius 1 is 1.17 bits per heavy atom. The molecule has 2 rings (SSSR count). The Balaban J connectivity index is 2.44. The second-order valence-electron chi connectivity index (χ2n) is 10.1. The first-order valence-electron chi connectivity index (χ1n) is 12.2. The summed E-state index contributed by atoms with van der Waals surface area (Å²) in [5.41, 5.74) is 5.81. The Morgan fingerprint density at radius 2 is 1.81 bits per heavy atom. The predicted octanol–water partition coefficient (Wildman–Crippen LogP) is 2.61. The van der Waals surface area contributed by atoms with Gasteiger partial charge in [-0.3, -0.25) is 14.4 Å². The predicted molar refractivity (Wildman–Crippen MR) is 133 cm³/mol. The molecule has 0 aliphatic heterocycles. The van der Waals surface area contributed by atoms with Crippen LogP contribution in [0, 0.1) is 18.3 Å². The number of carbonyl (C=O) groups is 4. The van der Waals surface area contributed by atoms with Crippen LogP contribution in [0.1, 0.15) is 76.5 Å². The van der Waals surface area contributed by atoms with Crippen LogP contribution in [0.5, 0.6) is 0 Å². The van der Waals surface area contributed by atoms with Crippen molar-refractivity contribution in [2.45, 2.75) is 89.9 Å². The highest BCUT2D eigenvalue weighted by Crippen LogP contribution is 2.27. The van der Waals surface area contributed by atoms with E-state index in [9.17, 15) is 24.4 Å². The Hall–Kier alpha value is -3.61. The highest BCUT2D eigenvalue weighted by molar-refractivity contribution is 5.94. The number of rotatable bonds is 9. The summed E-state index contributed by atoms with van der Waals surface area (Å²) in [6.45, 7) is 6.34. The van der Waals surface area contributed by atoms with Crippen molar-refractivity contribution < 1.29 is 23.9 Å². The molecule has 36 heavy (non-hydrogen) atoms. The topological polar surface area (TPSA) is 155 Å². The lowest BCUT2D eigenvalue weighted by molar-refractivity contribution is -0.143. The van der Waals surface area contributed by atoms with E-state index in [0.717, 1.165) is 42.6 Å². The first kappa shape index (κ1) is 28.6. The molecule has 0 aromatic heterocycles. The normalized spacial score (nSPS) is 15.6. The number of hydrogen-bond donors (Lipinski definition) is 3. The maximum absolute atomic E-state index is 13.7. The van der Waals surface area contributed by atoms with E-state index >= 15 is 0 Å². The number of nitriles is 1. The number of ether oxygens (including phenoxy) is 1. The van der Waals surface area contributed by atoms with E-state index in [1.165, 1.54) is 0 Å². The molecule has 1 fully saturated rings. The minimum Gasteiger partial charge on any atom is -0.444 e. The molecule has 1 aromatic rings. The fourth-order valence-electron chi connectivity index (χ4n) is 4.30. The SMILES string of the molecule is Cc1ccccc1C(C(=O)NC1CCCCC1)N(CC#N)C(=O)C(CC(N)=O)NC(=O)OC(C)(C)C. The summed E-state index contributed by atoms with van der Waals surface area (Å²) >= 11 is 0. The standard InChI is InChI=1S/C26H37N5O5/c1-17-10-8-9-13-19(17)22(23(33)29-18-11-6-5-7-12-18)31(15-14-27)24(34)20(16-21(28)32)30-25(35)36-26(2,3)4/h8-10,13,18,20,22H,5-7,11-12,15-16H2,1-4H3,(H2,28,32)(H,29,33)(H,30,35). The van der Waals surface area contributed by atoms with Crippen LogP contribution >= 0.6 is 0 Å². The summed E-state index contributed by atoms with van der Waals surface area (Å²) in [7, 11) is 0. The zero-order valence-electron chi connectivity index (χ0n) is 21.5. The molecule has 2 unspecified atom stereocenters. The van der Waals surface area contributed by atoms with Gasteiger partial charge in [-0.05, 0) is 51.7 Å². The summed E-state index contributed by atoms with van der Waals surface area (Å²) in [6.07, 6.45) is 3.34. The van der Waals surface area contributed by atoms with E-state index < -0.39 is 54.5 Å². The van der Waals surface area contributed by atoms with Crippen molar-refractivity contribution in [3.05, 3.63) is 35.4 Å². The van der Waals surface area contributed by atoms with Crippen LogP contribution in [-0.4, -0.2) is 52.9 Å². The van der Waals surface area contributed by atoms with E-state index in [1.54, 1.807) is 32.9 Å². The molecular weight excluding hydrogens is 462 g/mol. The highest BCUT2D eigenvalue weighted by atomic mass is 16.6. The zero-order valence-corrected chi connectivity index (χ0v) is 21.5. The van der Waals surface area contributed by atoms with Crippen molar-refractivity contribution in [1.29, 1.82) is 5.26 Å². The Kier molecular flexibility index (Phi) is 10.3. The third-order valence-electron chi connectivity index (χ3n) is 5.91. The first-order chi connectivity index (χ1) is 16.9. The van der Waals surface area contributed by atoms with Crippen LogP contribution in [0.2, 0.25) is 0 Å². The molecule has 1 saturated carbocycles. The average Bonchev–Trinajstić information content (AvgIpc) is 2.78. The van der Waals surface area contributed by atoms with Crippen LogP contribution in [0.25, 0.3) is 0 Å². The zero-order chi connectivity index (χ0) is 26.9. The van der Waals surface area contributed by atoms with E-state index in [4.69, 9.17) is 10.5 Å². The van der Waals surface area contributed by atoms with Gasteiger partial charge in [-0.2, -0.15) is 5.26 Å². The maximum Gasteiger partial charge on any atom is 0.408 e. The van der Waals surface area contributed by atoms with Crippen molar-refractivity contribution in [2.75, 3.05) is 6.54 Å². The maximum atomic E-state index is 13.7. The highest BCUT2D eigenvalue weighted by Gasteiger charge is 2.38. The molecule has 10 heteroatoms. The number of nitrogens with two attached hydrogens (primary N) is 1. The molecule has 1 aliphatic carbocycles. The second-order valence-corrected chi connectivity index (χ2v) is 10.1. The first-order valence-corrected chi connectivity index (χ1v) is 12.2. The number of alkyl carbamates (subject to hydrolysis) is 1. The molecule has 4 N–H and O–H groups in total. The molecule has 196 valence electrons. The molecule has 10 nitrogen and oxygen atoms in total. The number of aryl methyl sites for hydroxylation is 1. The monoisotopic (exact) mass is 499 g/mol. The second kappa shape index (κ2) is 12.9. The van der Waals surface area contributed by atoms with E-state index in [-0.39, 0.29) is 6.04 Å². The molecule has 0 radical (unpaired) electrons. The molecule has 0 saturated heterocycles. The van der Waals surface area contributed by atoms with Gasteiger partial charge in [0, 0.05) is 6.04 Å². The van der Waals surface area contributed by atoms with Gasteiger partial charge in [0.2, 0.25) is 17.7 Å². The minimum absolute atomic E-state index is 0.0295. The van der Waals surface area contributed by atoms with Gasteiger partial charge in [0.15, 0.2) is 0 Å². The summed E-state index contributed by atoms with van der Waals surface area (Å²) < 4.78 is 5.23. The third kappa shape index (κ3) is 8.56. The summed E-state index contributed by atoms with van der Waals surface area (Å²) in [4.78, 5) is 52.6. The van der Waals surface area contributed by atoms with Crippen molar-refractivity contribution in [3.8, 4) is 6.07 Å². The lowest BCUT2D eigenvalue weighted by atomic mass is 9.93. The van der Waals surface area contributed by atoms with Crippen LogP contribution in [0.3, 0.4) is 0 Å². The van der Waals surface area contributed by atoms with Gasteiger partial charge in [0.25, 0.3) is 0 Å². The molecule has 0 heterocycles. The number of primary amides is 1. The number of benzene rings is 1. The largest absolute Gasteiger partial charge is 0.444 e. The number of amides is 4. The van der Waals surface area contributed by atoms with Gasteiger partial charge in [-0.15, -0.1) is 0 Å². The van der Waals surface area contributed by atoms with Crippen molar-refractivity contribution >= 4 is 23.8 Å². The van der Waals surface area contributed by atoms with Crippen LogP contribution in [0.15, 0.2) is 24.3 Å². The lowest BCUT2D eigenvalue weighted by Gasteiger charge is -2.34. The van der Waals surface area contributed by atoms with Crippen molar-refractivity contribution in [3.63, 3.8) is 0 Å². The van der Waals surface area contributed by atoms with Gasteiger partial charge in [-0.25, -0.2) is 4.79 Å². The van der Waals surface area contributed by atoms with E-state index in [2.05, 4.69) is 10.6 Å². The molecule has 0 spiro atoms. The molecule has 0 bridgehead atoms. The number of nitrogens with zero attached hydrogens (tertiary/aromatic N) is 2. The number of nitrogens with one attached hydrogen (secondary N) is 2. The third-order valence-corrected chi connectivity index (χ3v) is 5.91. The number of carbonyl (C=O) groups excluding carboxylic acids is 4. The molecule has 4 amide bonds. The fourth-order valence-corrected chi connectivity index (χ4v) is 4.30.